The van der Waals surface area contributed by atoms with Gasteiger partial charge in [-0.15, -0.1) is 0 Å². The van der Waals surface area contributed by atoms with E-state index in [2.05, 4.69) is 45.0 Å². The Bertz CT molecular complexity index is 661. The summed E-state index contributed by atoms with van der Waals surface area (Å²) in [7, 11) is 0. The normalized spacial score (nSPS) is 12.4. The van der Waals surface area contributed by atoms with Crippen LogP contribution in [0.25, 0.3) is 0 Å². The van der Waals surface area contributed by atoms with E-state index in [1.54, 1.807) is 11.1 Å². The van der Waals surface area contributed by atoms with Crippen LogP contribution in [0, 0.1) is 6.92 Å². The molecular formula is C23H32ClN. The van der Waals surface area contributed by atoms with Crippen molar-refractivity contribution in [2.45, 2.75) is 65.2 Å². The quantitative estimate of drug-likeness (QED) is 0.565. The highest BCUT2D eigenvalue weighted by Crippen LogP contribution is 2.31. The van der Waals surface area contributed by atoms with Crippen molar-refractivity contribution in [1.29, 1.82) is 0 Å². The van der Waals surface area contributed by atoms with E-state index in [-0.39, 0.29) is 0 Å². The van der Waals surface area contributed by atoms with Gasteiger partial charge in [0, 0.05) is 5.02 Å². The minimum absolute atomic E-state index is 0.454. The van der Waals surface area contributed by atoms with Crippen LogP contribution in [0.1, 0.15) is 66.8 Å². The Kier molecular flexibility index (Phi) is 7.99. The molecule has 2 aromatic rings. The van der Waals surface area contributed by atoms with Gasteiger partial charge in [-0.1, -0.05) is 62.6 Å². The molecule has 1 unspecified atom stereocenters. The molecule has 0 fully saturated rings. The first kappa shape index (κ1) is 20.0. The van der Waals surface area contributed by atoms with E-state index in [4.69, 9.17) is 17.3 Å². The molecule has 0 spiro atoms. The van der Waals surface area contributed by atoms with Crippen LogP contribution < -0.4 is 5.73 Å². The monoisotopic (exact) mass is 357 g/mol. The second-order valence-electron chi connectivity index (χ2n) is 7.03. The minimum Gasteiger partial charge on any atom is -0.330 e. The molecule has 25 heavy (non-hydrogen) atoms. The van der Waals surface area contributed by atoms with E-state index in [1.165, 1.54) is 29.5 Å². The van der Waals surface area contributed by atoms with Gasteiger partial charge in [-0.2, -0.15) is 0 Å². The van der Waals surface area contributed by atoms with Gasteiger partial charge in [0.25, 0.3) is 0 Å². The van der Waals surface area contributed by atoms with Crippen molar-refractivity contribution in [3.05, 3.63) is 69.2 Å². The summed E-state index contributed by atoms with van der Waals surface area (Å²) in [6, 6.07) is 13.0. The van der Waals surface area contributed by atoms with Crippen molar-refractivity contribution in [1.82, 2.24) is 0 Å². The fraction of sp³-hybridized carbons (Fsp3) is 0.478. The summed E-state index contributed by atoms with van der Waals surface area (Å²) >= 11 is 6.08. The van der Waals surface area contributed by atoms with Crippen LogP contribution in [-0.4, -0.2) is 6.54 Å². The second kappa shape index (κ2) is 9.99. The van der Waals surface area contributed by atoms with E-state index < -0.39 is 0 Å². The SMILES string of the molecule is CCCc1ccc(C)c(CCC)c1CC(CCN)c1ccc(Cl)cc1. The maximum Gasteiger partial charge on any atom is 0.0406 e. The lowest BCUT2D eigenvalue weighted by Gasteiger charge is -2.23. The first-order chi connectivity index (χ1) is 12.1. The molecule has 0 bridgehead atoms. The Hall–Kier alpha value is -1.31. The molecule has 0 heterocycles. The molecule has 0 aliphatic carbocycles. The lowest BCUT2D eigenvalue weighted by Crippen LogP contribution is -2.13. The van der Waals surface area contributed by atoms with Crippen LogP contribution in [0.15, 0.2) is 36.4 Å². The molecule has 2 rings (SSSR count). The Balaban J connectivity index is 2.42. The molecule has 2 aromatic carbocycles. The first-order valence-electron chi connectivity index (χ1n) is 9.66. The Morgan fingerprint density at radius 1 is 0.920 bits per heavy atom. The summed E-state index contributed by atoms with van der Waals surface area (Å²) < 4.78 is 0. The minimum atomic E-state index is 0.454. The van der Waals surface area contributed by atoms with Gasteiger partial charge in [-0.05, 0) is 85.0 Å². The van der Waals surface area contributed by atoms with Gasteiger partial charge in [0.15, 0.2) is 0 Å². The lowest BCUT2D eigenvalue weighted by atomic mass is 9.82. The molecule has 2 N–H and O–H groups in total. The van der Waals surface area contributed by atoms with Gasteiger partial charge in [0.1, 0.15) is 0 Å². The van der Waals surface area contributed by atoms with E-state index in [1.807, 2.05) is 12.1 Å². The van der Waals surface area contributed by atoms with E-state index in [0.717, 1.165) is 30.7 Å². The van der Waals surface area contributed by atoms with Gasteiger partial charge in [0.05, 0.1) is 0 Å². The Labute approximate surface area is 158 Å². The van der Waals surface area contributed by atoms with E-state index in [9.17, 15) is 0 Å². The molecule has 0 aliphatic heterocycles. The van der Waals surface area contributed by atoms with Crippen LogP contribution in [-0.2, 0) is 19.3 Å². The maximum absolute atomic E-state index is 6.08. The van der Waals surface area contributed by atoms with Crippen molar-refractivity contribution >= 4 is 11.6 Å². The third-order valence-corrected chi connectivity index (χ3v) is 5.34. The van der Waals surface area contributed by atoms with Crippen LogP contribution in [0.4, 0.5) is 0 Å². The number of benzene rings is 2. The summed E-state index contributed by atoms with van der Waals surface area (Å²) in [5.74, 6) is 0.454. The Morgan fingerprint density at radius 3 is 2.20 bits per heavy atom. The maximum atomic E-state index is 6.08. The van der Waals surface area contributed by atoms with Gasteiger partial charge in [-0.3, -0.25) is 0 Å². The van der Waals surface area contributed by atoms with E-state index in [0.29, 0.717) is 12.5 Å². The third-order valence-electron chi connectivity index (χ3n) is 5.09. The lowest BCUT2D eigenvalue weighted by molar-refractivity contribution is 0.621. The smallest absolute Gasteiger partial charge is 0.0406 e. The summed E-state index contributed by atoms with van der Waals surface area (Å²) in [4.78, 5) is 0. The summed E-state index contributed by atoms with van der Waals surface area (Å²) in [6.45, 7) is 7.50. The van der Waals surface area contributed by atoms with Gasteiger partial charge < -0.3 is 5.73 Å². The largest absolute Gasteiger partial charge is 0.330 e. The molecule has 2 heteroatoms. The highest BCUT2D eigenvalue weighted by Gasteiger charge is 2.17. The summed E-state index contributed by atoms with van der Waals surface area (Å²) in [5.41, 5.74) is 13.4. The molecule has 0 saturated heterocycles. The zero-order valence-electron chi connectivity index (χ0n) is 15.9. The fourth-order valence-electron chi connectivity index (χ4n) is 3.78. The number of hydrogen-bond donors (Lipinski definition) is 1. The fourth-order valence-corrected chi connectivity index (χ4v) is 3.91. The average molecular weight is 358 g/mol. The van der Waals surface area contributed by atoms with Crippen LogP contribution in [0.2, 0.25) is 5.02 Å². The summed E-state index contributed by atoms with van der Waals surface area (Å²) in [6.07, 6.45) is 6.77. The van der Waals surface area contributed by atoms with Crippen molar-refractivity contribution in [2.75, 3.05) is 6.54 Å². The molecule has 0 aromatic heterocycles. The van der Waals surface area contributed by atoms with Crippen LogP contribution in [0.5, 0.6) is 0 Å². The predicted molar refractivity (Wildman–Crippen MR) is 111 cm³/mol. The Morgan fingerprint density at radius 2 is 1.60 bits per heavy atom. The van der Waals surface area contributed by atoms with Crippen molar-refractivity contribution in [3.63, 3.8) is 0 Å². The standard InChI is InChI=1S/C23H32ClN/c1-4-6-19-9-8-17(3)22(7-5-2)23(19)16-20(14-15-25)18-10-12-21(24)13-11-18/h8-13,20H,4-7,14-16,25H2,1-3H3. The molecule has 0 aliphatic rings. The molecule has 136 valence electrons. The van der Waals surface area contributed by atoms with Crippen molar-refractivity contribution < 1.29 is 0 Å². The van der Waals surface area contributed by atoms with Crippen LogP contribution in [0.3, 0.4) is 0 Å². The number of aryl methyl sites for hydroxylation is 2. The van der Waals surface area contributed by atoms with E-state index >= 15 is 0 Å². The zero-order valence-corrected chi connectivity index (χ0v) is 16.7. The van der Waals surface area contributed by atoms with Crippen molar-refractivity contribution in [3.8, 4) is 0 Å². The van der Waals surface area contributed by atoms with Gasteiger partial charge >= 0.3 is 0 Å². The predicted octanol–water partition coefficient (Wildman–Crippen LogP) is 6.23. The average Bonchev–Trinajstić information content (AvgIpc) is 2.60. The zero-order chi connectivity index (χ0) is 18.2. The topological polar surface area (TPSA) is 26.0 Å². The molecule has 1 atom stereocenters. The molecule has 1 nitrogen and oxygen atoms in total. The number of rotatable bonds is 9. The first-order valence-corrected chi connectivity index (χ1v) is 10.0. The number of halogens is 1. The highest BCUT2D eigenvalue weighted by atomic mass is 35.5. The molecular weight excluding hydrogens is 326 g/mol. The number of hydrogen-bond acceptors (Lipinski definition) is 1. The van der Waals surface area contributed by atoms with Gasteiger partial charge in [-0.25, -0.2) is 0 Å². The molecule has 0 amide bonds. The molecule has 0 saturated carbocycles. The highest BCUT2D eigenvalue weighted by molar-refractivity contribution is 6.30. The van der Waals surface area contributed by atoms with Crippen LogP contribution >= 0.6 is 11.6 Å². The second-order valence-corrected chi connectivity index (χ2v) is 7.47. The summed E-state index contributed by atoms with van der Waals surface area (Å²) in [5, 5.41) is 0.796. The molecule has 0 radical (unpaired) electrons. The van der Waals surface area contributed by atoms with Crippen molar-refractivity contribution in [2.24, 2.45) is 5.73 Å². The number of nitrogens with two attached hydrogens (primary N) is 1. The van der Waals surface area contributed by atoms with Gasteiger partial charge in [0.2, 0.25) is 0 Å². The third kappa shape index (κ3) is 5.33.